The maximum atomic E-state index is 14.6. The molecular weight excluding hydrogens is 422 g/mol. The monoisotopic (exact) mass is 438 g/mol. The standard InChI is InChI=1S/C19H17ClF2N4O2S/c20-13-6-3-4-7-17(13)29(27,28)25-16-10-12(14(21)11-15(16)22)19-24-23-18-8-2-1-5-9-26(18)19/h3-4,6-7,10-11,25H,1-2,5,8-9H2. The molecule has 0 atom stereocenters. The van der Waals surface area contributed by atoms with Gasteiger partial charge in [-0.15, -0.1) is 10.2 Å². The number of sulfonamides is 1. The molecule has 2 heterocycles. The van der Waals surface area contributed by atoms with Crippen molar-refractivity contribution in [3.05, 3.63) is 58.9 Å². The van der Waals surface area contributed by atoms with Gasteiger partial charge in [0.1, 0.15) is 22.4 Å². The molecule has 0 amide bonds. The fraction of sp³-hybridized carbons (Fsp3) is 0.263. The lowest BCUT2D eigenvalue weighted by molar-refractivity contribution is 0.581. The van der Waals surface area contributed by atoms with Crippen molar-refractivity contribution in [3.63, 3.8) is 0 Å². The molecular formula is C19H17ClF2N4O2S. The molecule has 1 N–H and O–H groups in total. The summed E-state index contributed by atoms with van der Waals surface area (Å²) < 4.78 is 58.2. The van der Waals surface area contributed by atoms with Crippen molar-refractivity contribution in [1.82, 2.24) is 14.8 Å². The van der Waals surface area contributed by atoms with Gasteiger partial charge >= 0.3 is 0 Å². The fourth-order valence-electron chi connectivity index (χ4n) is 3.35. The van der Waals surface area contributed by atoms with Crippen LogP contribution in [0.2, 0.25) is 5.02 Å². The van der Waals surface area contributed by atoms with Crippen molar-refractivity contribution in [2.45, 2.75) is 37.1 Å². The largest absolute Gasteiger partial charge is 0.311 e. The Morgan fingerprint density at radius 1 is 1.03 bits per heavy atom. The van der Waals surface area contributed by atoms with Crippen LogP contribution in [0.25, 0.3) is 11.4 Å². The summed E-state index contributed by atoms with van der Waals surface area (Å²) in [6, 6.07) is 7.52. The molecule has 0 aliphatic carbocycles. The first-order valence-electron chi connectivity index (χ1n) is 9.05. The predicted octanol–water partition coefficient (Wildman–Crippen LogP) is 4.40. The Kier molecular flexibility index (Phi) is 5.26. The predicted molar refractivity (Wildman–Crippen MR) is 105 cm³/mol. The number of fused-ring (bicyclic) bond motifs is 1. The molecule has 3 aromatic rings. The molecule has 1 aliphatic rings. The summed E-state index contributed by atoms with van der Waals surface area (Å²) in [6.07, 6.45) is 3.61. The maximum absolute atomic E-state index is 14.6. The zero-order valence-electron chi connectivity index (χ0n) is 15.2. The Bertz CT molecular complexity index is 1180. The molecule has 0 unspecified atom stereocenters. The van der Waals surface area contributed by atoms with E-state index >= 15 is 0 Å². The van der Waals surface area contributed by atoms with Crippen molar-refractivity contribution in [2.24, 2.45) is 0 Å². The van der Waals surface area contributed by atoms with E-state index in [2.05, 4.69) is 14.9 Å². The second kappa shape index (κ2) is 7.72. The average Bonchev–Trinajstić information content (AvgIpc) is 2.91. The number of aryl methyl sites for hydroxylation is 1. The molecule has 152 valence electrons. The molecule has 6 nitrogen and oxygen atoms in total. The molecule has 2 aromatic carbocycles. The third-order valence-electron chi connectivity index (χ3n) is 4.78. The van der Waals surface area contributed by atoms with Crippen molar-refractivity contribution < 1.29 is 17.2 Å². The van der Waals surface area contributed by atoms with Crippen molar-refractivity contribution in [3.8, 4) is 11.4 Å². The molecule has 0 fully saturated rings. The maximum Gasteiger partial charge on any atom is 0.263 e. The highest BCUT2D eigenvalue weighted by molar-refractivity contribution is 7.92. The van der Waals surface area contributed by atoms with Crippen LogP contribution in [0, 0.1) is 11.6 Å². The van der Waals surface area contributed by atoms with E-state index in [1.807, 2.05) is 0 Å². The SMILES string of the molecule is O=S(=O)(Nc1cc(-c2nnc3n2CCCCC3)c(F)cc1F)c1ccccc1Cl. The molecule has 1 aromatic heterocycles. The lowest BCUT2D eigenvalue weighted by Crippen LogP contribution is -2.15. The Balaban J connectivity index is 1.76. The smallest absolute Gasteiger partial charge is 0.263 e. The molecule has 0 spiro atoms. The summed E-state index contributed by atoms with van der Waals surface area (Å²) in [5.41, 5.74) is -0.420. The van der Waals surface area contributed by atoms with Crippen LogP contribution in [0.3, 0.4) is 0 Å². The highest BCUT2D eigenvalue weighted by Crippen LogP contribution is 2.31. The number of nitrogens with one attached hydrogen (secondary N) is 1. The van der Waals surface area contributed by atoms with Crippen LogP contribution >= 0.6 is 11.6 Å². The average molecular weight is 439 g/mol. The summed E-state index contributed by atoms with van der Waals surface area (Å²) in [6.45, 7) is 0.620. The number of hydrogen-bond donors (Lipinski definition) is 1. The van der Waals surface area contributed by atoms with E-state index in [1.165, 1.54) is 18.2 Å². The summed E-state index contributed by atoms with van der Waals surface area (Å²) in [5, 5.41) is 8.17. The van der Waals surface area contributed by atoms with E-state index in [4.69, 9.17) is 11.6 Å². The zero-order chi connectivity index (χ0) is 20.6. The van der Waals surface area contributed by atoms with Gasteiger partial charge in [0.2, 0.25) is 0 Å². The Morgan fingerprint density at radius 2 is 1.83 bits per heavy atom. The first-order chi connectivity index (χ1) is 13.9. The van der Waals surface area contributed by atoms with E-state index in [9.17, 15) is 17.2 Å². The third kappa shape index (κ3) is 3.84. The quantitative estimate of drug-likeness (QED) is 0.654. The number of halogens is 3. The van der Waals surface area contributed by atoms with Crippen LogP contribution in [-0.4, -0.2) is 23.2 Å². The van der Waals surface area contributed by atoms with Gasteiger partial charge in [0.15, 0.2) is 5.82 Å². The van der Waals surface area contributed by atoms with Gasteiger partial charge in [-0.1, -0.05) is 30.2 Å². The fourth-order valence-corrected chi connectivity index (χ4v) is 4.92. The van der Waals surface area contributed by atoms with Crippen molar-refractivity contribution in [1.29, 1.82) is 0 Å². The van der Waals surface area contributed by atoms with Crippen molar-refractivity contribution >= 4 is 27.3 Å². The van der Waals surface area contributed by atoms with Crippen LogP contribution < -0.4 is 4.72 Å². The second-order valence-corrected chi connectivity index (χ2v) is 8.81. The molecule has 4 rings (SSSR count). The molecule has 10 heteroatoms. The normalized spacial score (nSPS) is 14.3. The van der Waals surface area contributed by atoms with Crippen LogP contribution in [0.5, 0.6) is 0 Å². The molecule has 0 radical (unpaired) electrons. The lowest BCUT2D eigenvalue weighted by Gasteiger charge is -2.13. The molecule has 1 aliphatic heterocycles. The third-order valence-corrected chi connectivity index (χ3v) is 6.64. The van der Waals surface area contributed by atoms with Crippen LogP contribution in [0.15, 0.2) is 41.3 Å². The Morgan fingerprint density at radius 3 is 2.62 bits per heavy atom. The number of hydrogen-bond acceptors (Lipinski definition) is 4. The van der Waals surface area contributed by atoms with E-state index in [0.717, 1.165) is 37.6 Å². The number of anilines is 1. The van der Waals surface area contributed by atoms with Crippen molar-refractivity contribution in [2.75, 3.05) is 4.72 Å². The summed E-state index contributed by atoms with van der Waals surface area (Å²) >= 11 is 5.95. The minimum atomic E-state index is -4.18. The number of benzene rings is 2. The molecule has 0 bridgehead atoms. The highest BCUT2D eigenvalue weighted by Gasteiger charge is 2.24. The molecule has 0 saturated carbocycles. The first-order valence-corrected chi connectivity index (χ1v) is 10.9. The minimum absolute atomic E-state index is 0.00878. The van der Waals surface area contributed by atoms with E-state index in [0.29, 0.717) is 12.6 Å². The van der Waals surface area contributed by atoms with Gasteiger partial charge in [-0.05, 0) is 31.0 Å². The van der Waals surface area contributed by atoms with Gasteiger partial charge in [0, 0.05) is 19.0 Å². The van der Waals surface area contributed by atoms with Gasteiger partial charge in [-0.3, -0.25) is 4.72 Å². The second-order valence-electron chi connectivity index (χ2n) is 6.75. The van der Waals surface area contributed by atoms with Gasteiger partial charge in [0.25, 0.3) is 10.0 Å². The number of aromatic nitrogens is 3. The zero-order valence-corrected chi connectivity index (χ0v) is 16.8. The van der Waals surface area contributed by atoms with E-state index in [-0.39, 0.29) is 21.3 Å². The van der Waals surface area contributed by atoms with Gasteiger partial charge < -0.3 is 4.57 Å². The Hall–Kier alpha value is -2.52. The summed E-state index contributed by atoms with van der Waals surface area (Å²) in [7, 11) is -4.18. The highest BCUT2D eigenvalue weighted by atomic mass is 35.5. The summed E-state index contributed by atoms with van der Waals surface area (Å²) in [5.74, 6) is -0.905. The van der Waals surface area contributed by atoms with Gasteiger partial charge in [-0.2, -0.15) is 0 Å². The summed E-state index contributed by atoms with van der Waals surface area (Å²) in [4.78, 5) is -0.205. The molecule has 29 heavy (non-hydrogen) atoms. The van der Waals surface area contributed by atoms with Crippen LogP contribution in [0.4, 0.5) is 14.5 Å². The molecule has 0 saturated heterocycles. The van der Waals surface area contributed by atoms with E-state index < -0.39 is 27.3 Å². The van der Waals surface area contributed by atoms with Gasteiger partial charge in [-0.25, -0.2) is 17.2 Å². The van der Waals surface area contributed by atoms with Crippen LogP contribution in [0.1, 0.15) is 25.1 Å². The number of nitrogens with zero attached hydrogens (tertiary/aromatic N) is 3. The van der Waals surface area contributed by atoms with Crippen LogP contribution in [-0.2, 0) is 23.0 Å². The minimum Gasteiger partial charge on any atom is -0.311 e. The number of rotatable bonds is 4. The lowest BCUT2D eigenvalue weighted by atomic mass is 10.1. The Labute approximate surface area is 171 Å². The van der Waals surface area contributed by atoms with Gasteiger partial charge in [0.05, 0.1) is 16.3 Å². The topological polar surface area (TPSA) is 76.9 Å². The van der Waals surface area contributed by atoms with E-state index in [1.54, 1.807) is 10.6 Å². The first kappa shape index (κ1) is 19.8.